The predicted octanol–water partition coefficient (Wildman–Crippen LogP) is 1.54. The zero-order valence-corrected chi connectivity index (χ0v) is 7.90. The summed E-state index contributed by atoms with van der Waals surface area (Å²) < 4.78 is 12.7. The van der Waals surface area contributed by atoms with Crippen molar-refractivity contribution < 1.29 is 4.39 Å². The van der Waals surface area contributed by atoms with Gasteiger partial charge in [-0.25, -0.2) is 4.39 Å². The van der Waals surface area contributed by atoms with Gasteiger partial charge in [0.2, 0.25) is 0 Å². The van der Waals surface area contributed by atoms with Crippen LogP contribution in [-0.4, -0.2) is 12.6 Å². The van der Waals surface area contributed by atoms with Crippen molar-refractivity contribution in [1.29, 1.82) is 0 Å². The standard InChI is InChI=1S/C9H11FN2.ClH/c10-7-2-1-6-3-8(11)5-12-9(6)4-7;/h1-2,4,8,12H,3,5,11H2;1H. The molecule has 3 N–H and O–H groups in total. The van der Waals surface area contributed by atoms with E-state index in [2.05, 4.69) is 5.32 Å². The first kappa shape index (κ1) is 10.3. The van der Waals surface area contributed by atoms with E-state index in [4.69, 9.17) is 5.73 Å². The molecule has 1 atom stereocenters. The van der Waals surface area contributed by atoms with Crippen molar-refractivity contribution in [1.82, 2.24) is 0 Å². The third-order valence-electron chi connectivity index (χ3n) is 2.11. The predicted molar refractivity (Wildman–Crippen MR) is 53.8 cm³/mol. The number of fused-ring (bicyclic) bond motifs is 1. The molecule has 0 amide bonds. The number of nitrogens with two attached hydrogens (primary N) is 1. The second-order valence-electron chi connectivity index (χ2n) is 3.15. The summed E-state index contributed by atoms with van der Waals surface area (Å²) in [6.07, 6.45) is 0.836. The van der Waals surface area contributed by atoms with Crippen LogP contribution in [0.15, 0.2) is 18.2 Å². The Kier molecular flexibility index (Phi) is 3.12. The maximum Gasteiger partial charge on any atom is 0.125 e. The molecule has 1 heterocycles. The molecule has 0 fully saturated rings. The zero-order valence-electron chi connectivity index (χ0n) is 7.09. The van der Waals surface area contributed by atoms with Crippen LogP contribution < -0.4 is 11.1 Å². The molecule has 0 aliphatic carbocycles. The lowest BCUT2D eigenvalue weighted by atomic mass is 10.0. The molecule has 1 aliphatic heterocycles. The normalized spacial score (nSPS) is 19.7. The molecule has 2 rings (SSSR count). The molecule has 0 spiro atoms. The smallest absolute Gasteiger partial charge is 0.125 e. The maximum absolute atomic E-state index is 12.7. The molecular formula is C9H12ClFN2. The van der Waals surface area contributed by atoms with Crippen molar-refractivity contribution in [2.24, 2.45) is 5.73 Å². The van der Waals surface area contributed by atoms with Crippen LogP contribution in [0.3, 0.4) is 0 Å². The van der Waals surface area contributed by atoms with Crippen LogP contribution in [0.2, 0.25) is 0 Å². The summed E-state index contributed by atoms with van der Waals surface area (Å²) in [7, 11) is 0. The molecule has 0 saturated heterocycles. The van der Waals surface area contributed by atoms with Gasteiger partial charge in [0.15, 0.2) is 0 Å². The van der Waals surface area contributed by atoms with Crippen LogP contribution in [0.25, 0.3) is 0 Å². The summed E-state index contributed by atoms with van der Waals surface area (Å²) in [5, 5.41) is 3.09. The van der Waals surface area contributed by atoms with Crippen molar-refractivity contribution in [3.63, 3.8) is 0 Å². The van der Waals surface area contributed by atoms with Gasteiger partial charge in [-0.2, -0.15) is 0 Å². The van der Waals surface area contributed by atoms with Gasteiger partial charge in [0.05, 0.1) is 0 Å². The highest BCUT2D eigenvalue weighted by Crippen LogP contribution is 2.21. The molecular weight excluding hydrogens is 191 g/mol. The van der Waals surface area contributed by atoms with E-state index in [0.29, 0.717) is 0 Å². The van der Waals surface area contributed by atoms with Gasteiger partial charge in [-0.05, 0) is 24.1 Å². The van der Waals surface area contributed by atoms with E-state index in [1.807, 2.05) is 0 Å². The van der Waals surface area contributed by atoms with Gasteiger partial charge >= 0.3 is 0 Å². The van der Waals surface area contributed by atoms with Crippen LogP contribution in [0.4, 0.5) is 10.1 Å². The molecule has 1 aromatic rings. The van der Waals surface area contributed by atoms with Crippen molar-refractivity contribution in [3.8, 4) is 0 Å². The molecule has 0 aromatic heterocycles. The summed E-state index contributed by atoms with van der Waals surface area (Å²) in [6.45, 7) is 0.733. The van der Waals surface area contributed by atoms with Gasteiger partial charge in [0.25, 0.3) is 0 Å². The molecule has 2 nitrogen and oxygen atoms in total. The number of hydrogen-bond acceptors (Lipinski definition) is 2. The Labute approximate surface area is 82.7 Å². The van der Waals surface area contributed by atoms with E-state index in [0.717, 1.165) is 24.2 Å². The minimum absolute atomic E-state index is 0. The molecule has 0 bridgehead atoms. The number of rotatable bonds is 0. The average molecular weight is 203 g/mol. The topological polar surface area (TPSA) is 38.0 Å². The van der Waals surface area contributed by atoms with Gasteiger partial charge < -0.3 is 11.1 Å². The highest BCUT2D eigenvalue weighted by atomic mass is 35.5. The Morgan fingerprint density at radius 1 is 1.46 bits per heavy atom. The van der Waals surface area contributed by atoms with Crippen LogP contribution in [0.5, 0.6) is 0 Å². The largest absolute Gasteiger partial charge is 0.383 e. The number of benzene rings is 1. The fourth-order valence-corrected chi connectivity index (χ4v) is 1.49. The van der Waals surface area contributed by atoms with Gasteiger partial charge in [-0.1, -0.05) is 6.07 Å². The number of nitrogens with one attached hydrogen (secondary N) is 1. The first-order chi connectivity index (χ1) is 5.75. The molecule has 1 unspecified atom stereocenters. The fourth-order valence-electron chi connectivity index (χ4n) is 1.49. The van der Waals surface area contributed by atoms with Gasteiger partial charge in [-0.15, -0.1) is 12.4 Å². The summed E-state index contributed by atoms with van der Waals surface area (Å²) in [5.74, 6) is -0.197. The second kappa shape index (κ2) is 3.94. The van der Waals surface area contributed by atoms with E-state index in [1.54, 1.807) is 6.07 Å². The van der Waals surface area contributed by atoms with E-state index >= 15 is 0 Å². The van der Waals surface area contributed by atoms with E-state index in [-0.39, 0.29) is 24.3 Å². The fraction of sp³-hybridized carbons (Fsp3) is 0.333. The molecule has 1 aromatic carbocycles. The highest BCUT2D eigenvalue weighted by Gasteiger charge is 2.14. The van der Waals surface area contributed by atoms with E-state index in [1.165, 1.54) is 12.1 Å². The van der Waals surface area contributed by atoms with Crippen LogP contribution in [0, 0.1) is 5.82 Å². The quantitative estimate of drug-likeness (QED) is 0.670. The van der Waals surface area contributed by atoms with Gasteiger partial charge in [0.1, 0.15) is 5.82 Å². The molecule has 1 aliphatic rings. The minimum atomic E-state index is -0.197. The Bertz CT molecular complexity index is 304. The Morgan fingerprint density at radius 3 is 3.00 bits per heavy atom. The maximum atomic E-state index is 12.7. The van der Waals surface area contributed by atoms with Crippen molar-refractivity contribution in [2.75, 3.05) is 11.9 Å². The van der Waals surface area contributed by atoms with Crippen molar-refractivity contribution in [3.05, 3.63) is 29.6 Å². The van der Waals surface area contributed by atoms with Crippen LogP contribution in [0.1, 0.15) is 5.56 Å². The van der Waals surface area contributed by atoms with Gasteiger partial charge in [0, 0.05) is 18.3 Å². The van der Waals surface area contributed by atoms with Crippen LogP contribution in [-0.2, 0) is 6.42 Å². The Hall–Kier alpha value is -0.800. The summed E-state index contributed by atoms with van der Waals surface area (Å²) in [5.41, 5.74) is 7.72. The van der Waals surface area contributed by atoms with E-state index < -0.39 is 0 Å². The summed E-state index contributed by atoms with van der Waals surface area (Å²) in [6, 6.07) is 4.93. The van der Waals surface area contributed by atoms with Crippen molar-refractivity contribution in [2.45, 2.75) is 12.5 Å². The Morgan fingerprint density at radius 2 is 2.23 bits per heavy atom. The summed E-state index contributed by atoms with van der Waals surface area (Å²) in [4.78, 5) is 0. The van der Waals surface area contributed by atoms with Crippen molar-refractivity contribution >= 4 is 18.1 Å². The zero-order chi connectivity index (χ0) is 8.55. The monoisotopic (exact) mass is 202 g/mol. The first-order valence-electron chi connectivity index (χ1n) is 4.03. The average Bonchev–Trinajstić information content (AvgIpc) is 2.05. The number of anilines is 1. The molecule has 72 valence electrons. The highest BCUT2D eigenvalue weighted by molar-refractivity contribution is 5.85. The second-order valence-corrected chi connectivity index (χ2v) is 3.15. The Balaban J connectivity index is 0.000000845. The molecule has 0 radical (unpaired) electrons. The first-order valence-corrected chi connectivity index (χ1v) is 4.03. The molecule has 0 saturated carbocycles. The summed E-state index contributed by atoms with van der Waals surface area (Å²) >= 11 is 0. The lowest BCUT2D eigenvalue weighted by Gasteiger charge is -2.22. The number of hydrogen-bond donors (Lipinski definition) is 2. The lowest BCUT2D eigenvalue weighted by Crippen LogP contribution is -2.35. The SMILES string of the molecule is Cl.NC1CNc2cc(F)ccc2C1. The number of halogens is 2. The molecule has 4 heteroatoms. The van der Waals surface area contributed by atoms with E-state index in [9.17, 15) is 4.39 Å². The third kappa shape index (κ3) is 2.11. The van der Waals surface area contributed by atoms with Gasteiger partial charge in [-0.3, -0.25) is 0 Å². The lowest BCUT2D eigenvalue weighted by molar-refractivity contribution is 0.621. The van der Waals surface area contributed by atoms with Crippen LogP contribution >= 0.6 is 12.4 Å². The minimum Gasteiger partial charge on any atom is -0.383 e. The third-order valence-corrected chi connectivity index (χ3v) is 2.11. The molecule has 13 heavy (non-hydrogen) atoms.